The van der Waals surface area contributed by atoms with Gasteiger partial charge >= 0.3 is 0 Å². The highest BCUT2D eigenvalue weighted by molar-refractivity contribution is 5.92. The average Bonchev–Trinajstić information content (AvgIpc) is 2.61. The molecule has 0 saturated heterocycles. The van der Waals surface area contributed by atoms with Gasteiger partial charge in [-0.25, -0.2) is 4.68 Å². The fraction of sp³-hybridized carbons (Fsp3) is 0.211. The van der Waals surface area contributed by atoms with Gasteiger partial charge in [0.15, 0.2) is 0 Å². The predicted octanol–water partition coefficient (Wildman–Crippen LogP) is 2.74. The van der Waals surface area contributed by atoms with Crippen LogP contribution in [0.3, 0.4) is 0 Å². The van der Waals surface area contributed by atoms with Crippen molar-refractivity contribution in [2.75, 3.05) is 0 Å². The number of benzene rings is 2. The van der Waals surface area contributed by atoms with Gasteiger partial charge in [-0.2, -0.15) is 5.10 Å². The molecule has 0 fully saturated rings. The van der Waals surface area contributed by atoms with E-state index < -0.39 is 0 Å². The predicted molar refractivity (Wildman–Crippen MR) is 93.9 cm³/mol. The molecule has 0 saturated carbocycles. The van der Waals surface area contributed by atoms with Crippen molar-refractivity contribution < 1.29 is 4.79 Å². The van der Waals surface area contributed by atoms with Crippen LogP contribution >= 0.6 is 0 Å². The van der Waals surface area contributed by atoms with E-state index >= 15 is 0 Å². The first-order valence-corrected chi connectivity index (χ1v) is 8.01. The molecule has 5 heteroatoms. The smallest absolute Gasteiger partial charge is 0.271 e. The van der Waals surface area contributed by atoms with E-state index in [9.17, 15) is 9.59 Å². The summed E-state index contributed by atoms with van der Waals surface area (Å²) < 4.78 is 1.32. The van der Waals surface area contributed by atoms with Crippen LogP contribution < -0.4 is 10.9 Å². The summed E-state index contributed by atoms with van der Waals surface area (Å²) >= 11 is 0. The first-order valence-electron chi connectivity index (χ1n) is 8.01. The zero-order chi connectivity index (χ0) is 16.9. The zero-order valence-corrected chi connectivity index (χ0v) is 13.5. The number of aryl methyl sites for hydroxylation is 1. The summed E-state index contributed by atoms with van der Waals surface area (Å²) in [5.74, 6) is -0.284. The minimum Gasteiger partial charge on any atom is -0.347 e. The second kappa shape index (κ2) is 7.08. The van der Waals surface area contributed by atoms with Crippen LogP contribution in [0.25, 0.3) is 10.8 Å². The van der Waals surface area contributed by atoms with Gasteiger partial charge in [-0.1, -0.05) is 43.3 Å². The van der Waals surface area contributed by atoms with Crippen molar-refractivity contribution in [3.8, 4) is 0 Å². The molecule has 122 valence electrons. The summed E-state index contributed by atoms with van der Waals surface area (Å²) in [4.78, 5) is 23.9. The number of rotatable bonds is 5. The summed E-state index contributed by atoms with van der Waals surface area (Å²) in [5, 5.41) is 9.27. The van der Waals surface area contributed by atoms with E-state index in [4.69, 9.17) is 0 Å². The number of hydrogen-bond acceptors (Lipinski definition) is 3. The summed E-state index contributed by atoms with van der Waals surface area (Å²) in [5.41, 5.74) is 1.08. The van der Waals surface area contributed by atoms with Crippen molar-refractivity contribution in [3.05, 3.63) is 76.2 Å². The Hall–Kier alpha value is -2.95. The van der Waals surface area contributed by atoms with Gasteiger partial charge in [0, 0.05) is 19.2 Å². The maximum absolute atomic E-state index is 12.3. The summed E-state index contributed by atoms with van der Waals surface area (Å²) in [6, 6.07) is 17.0. The van der Waals surface area contributed by atoms with Crippen LogP contribution in [0.4, 0.5) is 0 Å². The highest BCUT2D eigenvalue weighted by Crippen LogP contribution is 2.15. The Morgan fingerprint density at radius 3 is 2.67 bits per heavy atom. The van der Waals surface area contributed by atoms with Gasteiger partial charge in [0.2, 0.25) is 0 Å². The number of fused-ring (bicyclic) bond motifs is 1. The van der Waals surface area contributed by atoms with Crippen molar-refractivity contribution >= 4 is 16.7 Å². The van der Waals surface area contributed by atoms with Crippen molar-refractivity contribution in [2.24, 2.45) is 0 Å². The number of amides is 1. The lowest BCUT2D eigenvalue weighted by molar-refractivity contribution is 0.0943. The Balaban J connectivity index is 1.72. The number of aromatic nitrogens is 2. The fourth-order valence-electron chi connectivity index (χ4n) is 2.56. The van der Waals surface area contributed by atoms with Crippen LogP contribution in [-0.4, -0.2) is 15.7 Å². The topological polar surface area (TPSA) is 64.0 Å². The minimum absolute atomic E-state index is 0.192. The molecule has 0 aliphatic carbocycles. The SMILES string of the molecule is CCCn1nc(C(=O)NCc2ccc3ccccc3c2)ccc1=O. The fourth-order valence-corrected chi connectivity index (χ4v) is 2.56. The van der Waals surface area contributed by atoms with E-state index in [1.807, 2.05) is 37.3 Å². The quantitative estimate of drug-likeness (QED) is 0.786. The number of carbonyl (C=O) groups is 1. The second-order valence-corrected chi connectivity index (χ2v) is 5.64. The van der Waals surface area contributed by atoms with E-state index in [2.05, 4.69) is 22.5 Å². The van der Waals surface area contributed by atoms with Crippen molar-refractivity contribution in [1.82, 2.24) is 15.1 Å². The maximum Gasteiger partial charge on any atom is 0.271 e. The first kappa shape index (κ1) is 15.9. The van der Waals surface area contributed by atoms with Crippen LogP contribution in [0.5, 0.6) is 0 Å². The Morgan fingerprint density at radius 1 is 1.08 bits per heavy atom. The molecule has 0 spiro atoms. The number of hydrogen-bond donors (Lipinski definition) is 1. The number of nitrogens with one attached hydrogen (secondary N) is 1. The third-order valence-corrected chi connectivity index (χ3v) is 3.80. The Morgan fingerprint density at radius 2 is 1.88 bits per heavy atom. The lowest BCUT2D eigenvalue weighted by Crippen LogP contribution is -2.29. The van der Waals surface area contributed by atoms with E-state index in [-0.39, 0.29) is 17.2 Å². The Labute approximate surface area is 139 Å². The second-order valence-electron chi connectivity index (χ2n) is 5.64. The lowest BCUT2D eigenvalue weighted by Gasteiger charge is -2.08. The summed E-state index contributed by atoms with van der Waals surface area (Å²) in [6.45, 7) is 2.88. The summed E-state index contributed by atoms with van der Waals surface area (Å²) in [6.07, 6.45) is 0.787. The average molecular weight is 321 g/mol. The normalized spacial score (nSPS) is 10.7. The van der Waals surface area contributed by atoms with Gasteiger partial charge in [-0.3, -0.25) is 9.59 Å². The third-order valence-electron chi connectivity index (χ3n) is 3.80. The number of nitrogens with zero attached hydrogens (tertiary/aromatic N) is 2. The van der Waals surface area contributed by atoms with E-state index in [0.29, 0.717) is 13.1 Å². The molecule has 1 amide bonds. The van der Waals surface area contributed by atoms with Crippen LogP contribution in [0, 0.1) is 0 Å². The molecule has 3 aromatic rings. The van der Waals surface area contributed by atoms with Crippen LogP contribution in [0.2, 0.25) is 0 Å². The van der Waals surface area contributed by atoms with Crippen LogP contribution in [-0.2, 0) is 13.1 Å². The molecule has 0 radical (unpaired) electrons. The van der Waals surface area contributed by atoms with E-state index in [1.54, 1.807) is 0 Å². The largest absolute Gasteiger partial charge is 0.347 e. The van der Waals surface area contributed by atoms with Gasteiger partial charge < -0.3 is 5.32 Å². The molecule has 0 bridgehead atoms. The molecule has 0 atom stereocenters. The zero-order valence-electron chi connectivity index (χ0n) is 13.5. The summed E-state index contributed by atoms with van der Waals surface area (Å²) in [7, 11) is 0. The van der Waals surface area contributed by atoms with Gasteiger partial charge in [0.1, 0.15) is 5.69 Å². The minimum atomic E-state index is -0.284. The van der Waals surface area contributed by atoms with Gasteiger partial charge in [0.05, 0.1) is 0 Å². The van der Waals surface area contributed by atoms with Crippen LogP contribution in [0.15, 0.2) is 59.4 Å². The molecule has 24 heavy (non-hydrogen) atoms. The van der Waals surface area contributed by atoms with Gasteiger partial charge in [-0.15, -0.1) is 0 Å². The Kier molecular flexibility index (Phi) is 4.70. The molecule has 2 aromatic carbocycles. The van der Waals surface area contributed by atoms with Gasteiger partial charge in [0.25, 0.3) is 11.5 Å². The lowest BCUT2D eigenvalue weighted by atomic mass is 10.1. The van der Waals surface area contributed by atoms with Crippen molar-refractivity contribution in [2.45, 2.75) is 26.4 Å². The first-order chi connectivity index (χ1) is 11.7. The molecular weight excluding hydrogens is 302 g/mol. The van der Waals surface area contributed by atoms with Crippen LogP contribution in [0.1, 0.15) is 29.4 Å². The molecule has 0 aliphatic heterocycles. The van der Waals surface area contributed by atoms with E-state index in [1.165, 1.54) is 22.2 Å². The van der Waals surface area contributed by atoms with E-state index in [0.717, 1.165) is 17.4 Å². The highest BCUT2D eigenvalue weighted by Gasteiger charge is 2.09. The molecule has 1 aromatic heterocycles. The molecule has 1 heterocycles. The van der Waals surface area contributed by atoms with Crippen molar-refractivity contribution in [3.63, 3.8) is 0 Å². The Bertz CT molecular complexity index is 931. The molecule has 1 N–H and O–H groups in total. The molecule has 3 rings (SSSR count). The molecular formula is C19H19N3O2. The van der Waals surface area contributed by atoms with Gasteiger partial charge in [-0.05, 0) is 34.9 Å². The third kappa shape index (κ3) is 3.51. The van der Waals surface area contributed by atoms with Crippen molar-refractivity contribution in [1.29, 1.82) is 0 Å². The highest BCUT2D eigenvalue weighted by atomic mass is 16.2. The monoisotopic (exact) mass is 321 g/mol. The molecule has 0 unspecified atom stereocenters. The molecule has 0 aliphatic rings. The molecule has 5 nitrogen and oxygen atoms in total. The standard InChI is InChI=1S/C19H19N3O2/c1-2-11-22-18(23)10-9-17(21-22)19(24)20-13-14-7-8-15-5-3-4-6-16(15)12-14/h3-10,12H,2,11,13H2,1H3,(H,20,24). The number of carbonyl (C=O) groups excluding carboxylic acids is 1. The maximum atomic E-state index is 12.3.